The largest absolute Gasteiger partial charge is 0.493 e. The number of rotatable bonds is 12. The van der Waals surface area contributed by atoms with Crippen LogP contribution in [0.25, 0.3) is 6.08 Å². The summed E-state index contributed by atoms with van der Waals surface area (Å²) >= 11 is 0. The van der Waals surface area contributed by atoms with Crippen LogP contribution in [0.1, 0.15) is 28.8 Å². The molecule has 0 bridgehead atoms. The first kappa shape index (κ1) is 26.9. The number of ether oxygens (including phenoxy) is 5. The van der Waals surface area contributed by atoms with E-state index < -0.39 is 36.9 Å². The summed E-state index contributed by atoms with van der Waals surface area (Å²) in [7, 11) is 4.42. The van der Waals surface area contributed by atoms with Gasteiger partial charge in [-0.25, -0.2) is 4.79 Å². The molecule has 0 aromatic heterocycles. The molecule has 196 valence electrons. The van der Waals surface area contributed by atoms with E-state index >= 15 is 0 Å². The van der Waals surface area contributed by atoms with Crippen LogP contribution in [0.15, 0.2) is 36.1 Å². The van der Waals surface area contributed by atoms with Crippen molar-refractivity contribution in [2.24, 2.45) is 0 Å². The second kappa shape index (κ2) is 11.8. The molecule has 0 spiro atoms. The van der Waals surface area contributed by atoms with E-state index in [2.05, 4.69) is 5.32 Å². The predicted molar refractivity (Wildman–Crippen MR) is 127 cm³/mol. The molecule has 2 aromatic rings. The Morgan fingerprint density at radius 2 is 1.70 bits per heavy atom. The fourth-order valence-corrected chi connectivity index (χ4v) is 3.50. The summed E-state index contributed by atoms with van der Waals surface area (Å²) in [6.45, 7) is -0.530. The molecule has 3 N–H and O–H groups in total. The highest BCUT2D eigenvalue weighted by Gasteiger charge is 2.28. The van der Waals surface area contributed by atoms with Gasteiger partial charge in [-0.1, -0.05) is 0 Å². The number of hydrogen-bond donors (Lipinski definition) is 3. The Morgan fingerprint density at radius 3 is 2.27 bits per heavy atom. The molecule has 1 aliphatic rings. The summed E-state index contributed by atoms with van der Waals surface area (Å²) in [5, 5.41) is 20.1. The summed E-state index contributed by atoms with van der Waals surface area (Å²) in [5.74, 6) is -1.99. The Hall–Kier alpha value is -4.74. The molecule has 1 heterocycles. The van der Waals surface area contributed by atoms with Crippen LogP contribution in [0.3, 0.4) is 0 Å². The van der Waals surface area contributed by atoms with E-state index in [1.165, 1.54) is 45.6 Å². The van der Waals surface area contributed by atoms with Gasteiger partial charge < -0.3 is 39.2 Å². The van der Waals surface area contributed by atoms with E-state index in [1.807, 2.05) is 0 Å². The van der Waals surface area contributed by atoms with Crippen LogP contribution in [0, 0.1) is 0 Å². The van der Waals surface area contributed by atoms with E-state index in [0.717, 1.165) is 0 Å². The molecule has 0 radical (unpaired) electrons. The van der Waals surface area contributed by atoms with Crippen molar-refractivity contribution in [3.05, 3.63) is 47.2 Å². The lowest BCUT2D eigenvalue weighted by Crippen LogP contribution is -2.43. The lowest BCUT2D eigenvalue weighted by atomic mass is 10.1. The number of benzene rings is 2. The van der Waals surface area contributed by atoms with Gasteiger partial charge >= 0.3 is 11.9 Å². The third kappa shape index (κ3) is 6.48. The highest BCUT2D eigenvalue weighted by atomic mass is 16.5. The van der Waals surface area contributed by atoms with Gasteiger partial charge in [-0.15, -0.1) is 0 Å². The van der Waals surface area contributed by atoms with Crippen LogP contribution in [0.4, 0.5) is 0 Å². The first-order valence-corrected chi connectivity index (χ1v) is 10.9. The highest BCUT2D eigenvalue weighted by Crippen LogP contribution is 2.40. The Morgan fingerprint density at radius 1 is 1.03 bits per heavy atom. The molecule has 3 rings (SSSR count). The zero-order valence-electron chi connectivity index (χ0n) is 20.2. The summed E-state index contributed by atoms with van der Waals surface area (Å²) < 4.78 is 27.1. The van der Waals surface area contributed by atoms with E-state index in [0.29, 0.717) is 22.8 Å². The molecule has 0 fully saturated rings. The van der Waals surface area contributed by atoms with Crippen LogP contribution >= 0.6 is 0 Å². The smallest absolute Gasteiger partial charge is 0.326 e. The van der Waals surface area contributed by atoms with Crippen molar-refractivity contribution >= 4 is 29.7 Å². The van der Waals surface area contributed by atoms with E-state index in [4.69, 9.17) is 33.9 Å². The Bertz CT molecular complexity index is 1230. The van der Waals surface area contributed by atoms with Gasteiger partial charge in [-0.05, 0) is 42.3 Å². The number of methoxy groups -OCH3 is 3. The number of fused-ring (bicyclic) bond motifs is 1. The number of aliphatic carboxylic acids is 2. The number of carboxylic acids is 2. The Balaban J connectivity index is 1.70. The van der Waals surface area contributed by atoms with Gasteiger partial charge in [0.15, 0.2) is 23.9 Å². The molecule has 12 nitrogen and oxygen atoms in total. The molecular formula is C25H25NO11. The van der Waals surface area contributed by atoms with Crippen molar-refractivity contribution in [2.75, 3.05) is 27.9 Å². The SMILES string of the molecule is COc1cc(C=C2Oc3cc(OCC(=O)NC(CCC(=O)O)C(=O)O)ccc3C2=O)cc(OC)c1OC. The third-order valence-electron chi connectivity index (χ3n) is 5.28. The molecule has 1 amide bonds. The number of ketones is 1. The molecule has 12 heteroatoms. The Kier molecular flexibility index (Phi) is 8.56. The summed E-state index contributed by atoms with van der Waals surface area (Å²) in [4.78, 5) is 46.8. The molecule has 0 aliphatic carbocycles. The van der Waals surface area contributed by atoms with Gasteiger partial charge in [0.25, 0.3) is 5.91 Å². The lowest BCUT2D eigenvalue weighted by Gasteiger charge is -2.14. The van der Waals surface area contributed by atoms with E-state index in [-0.39, 0.29) is 35.0 Å². The molecule has 1 unspecified atom stereocenters. The van der Waals surface area contributed by atoms with Crippen LogP contribution in [-0.4, -0.2) is 67.8 Å². The van der Waals surface area contributed by atoms with Crippen molar-refractivity contribution < 1.29 is 53.1 Å². The first-order valence-electron chi connectivity index (χ1n) is 10.9. The maximum Gasteiger partial charge on any atom is 0.326 e. The minimum Gasteiger partial charge on any atom is -0.493 e. The molecule has 0 saturated carbocycles. The van der Waals surface area contributed by atoms with E-state index in [9.17, 15) is 19.2 Å². The van der Waals surface area contributed by atoms with E-state index in [1.54, 1.807) is 12.1 Å². The van der Waals surface area contributed by atoms with Gasteiger partial charge in [0.1, 0.15) is 17.5 Å². The maximum absolute atomic E-state index is 12.8. The van der Waals surface area contributed by atoms with Gasteiger partial charge in [0, 0.05) is 12.5 Å². The molecular weight excluding hydrogens is 490 g/mol. The number of amides is 1. The van der Waals surface area contributed by atoms with Crippen LogP contribution < -0.4 is 29.0 Å². The van der Waals surface area contributed by atoms with Crippen LogP contribution in [0.5, 0.6) is 28.7 Å². The average molecular weight is 515 g/mol. The number of hydrogen-bond acceptors (Lipinski definition) is 9. The number of carbonyl (C=O) groups is 4. The van der Waals surface area contributed by atoms with Crippen molar-refractivity contribution in [2.45, 2.75) is 18.9 Å². The topological polar surface area (TPSA) is 167 Å². The quantitative estimate of drug-likeness (QED) is 0.354. The highest BCUT2D eigenvalue weighted by molar-refractivity contribution is 6.14. The van der Waals surface area contributed by atoms with Crippen LogP contribution in [-0.2, 0) is 14.4 Å². The molecule has 37 heavy (non-hydrogen) atoms. The second-order valence-corrected chi connectivity index (χ2v) is 7.74. The van der Waals surface area contributed by atoms with Gasteiger partial charge in [0.05, 0.1) is 26.9 Å². The lowest BCUT2D eigenvalue weighted by molar-refractivity contribution is -0.143. The number of allylic oxidation sites excluding steroid dienone is 1. The predicted octanol–water partition coefficient (Wildman–Crippen LogP) is 2.14. The molecule has 1 aliphatic heterocycles. The van der Waals surface area contributed by atoms with Gasteiger partial charge in [-0.3, -0.25) is 14.4 Å². The minimum absolute atomic E-state index is 0.0434. The monoisotopic (exact) mass is 515 g/mol. The normalized spacial score (nSPS) is 13.8. The minimum atomic E-state index is -1.36. The number of nitrogens with one attached hydrogen (secondary N) is 1. The number of Topliss-reactive ketones (excluding diaryl/α,β-unsaturated/α-hetero) is 1. The maximum atomic E-state index is 12.8. The van der Waals surface area contributed by atoms with Crippen molar-refractivity contribution in [1.82, 2.24) is 5.32 Å². The molecule has 0 saturated heterocycles. The van der Waals surface area contributed by atoms with Crippen molar-refractivity contribution in [3.8, 4) is 28.7 Å². The number of carbonyl (C=O) groups excluding carboxylic acids is 2. The van der Waals surface area contributed by atoms with Gasteiger partial charge in [0.2, 0.25) is 11.5 Å². The molecule has 1 atom stereocenters. The fraction of sp³-hybridized carbons (Fsp3) is 0.280. The fourth-order valence-electron chi connectivity index (χ4n) is 3.50. The van der Waals surface area contributed by atoms with Crippen molar-refractivity contribution in [3.63, 3.8) is 0 Å². The Labute approximate surface area is 211 Å². The summed E-state index contributed by atoms with van der Waals surface area (Å²) in [6, 6.07) is 6.32. The van der Waals surface area contributed by atoms with Gasteiger partial charge in [-0.2, -0.15) is 0 Å². The zero-order chi connectivity index (χ0) is 27.1. The average Bonchev–Trinajstić information content (AvgIpc) is 3.18. The third-order valence-corrected chi connectivity index (χ3v) is 5.28. The number of carboxylic acid groups (broad SMARTS) is 2. The summed E-state index contributed by atoms with van der Waals surface area (Å²) in [6.07, 6.45) is 0.830. The van der Waals surface area contributed by atoms with Crippen molar-refractivity contribution in [1.29, 1.82) is 0 Å². The molecule has 2 aromatic carbocycles. The zero-order valence-corrected chi connectivity index (χ0v) is 20.2. The second-order valence-electron chi connectivity index (χ2n) is 7.74. The standard InChI is InChI=1S/C25H25NO11/c1-33-19-9-13(10-20(34-2)24(19)35-3)8-18-23(30)15-5-4-14(11-17(15)37-18)36-12-21(27)26-16(25(31)32)6-7-22(28)29/h4-5,8-11,16H,6-7,12H2,1-3H3,(H,26,27)(H,28,29)(H,31,32). The first-order chi connectivity index (χ1) is 17.7. The summed E-state index contributed by atoms with van der Waals surface area (Å²) in [5.41, 5.74) is 0.852. The van der Waals surface area contributed by atoms with Crippen LogP contribution in [0.2, 0.25) is 0 Å².